The molecule has 2 atom stereocenters. The van der Waals surface area contributed by atoms with E-state index in [0.717, 1.165) is 51.6 Å². The van der Waals surface area contributed by atoms with E-state index in [0.29, 0.717) is 18.4 Å². The van der Waals surface area contributed by atoms with Gasteiger partial charge in [-0.25, -0.2) is 9.67 Å². The molecule has 0 amide bonds. The van der Waals surface area contributed by atoms with E-state index in [2.05, 4.69) is 19.5 Å². The second-order valence-corrected chi connectivity index (χ2v) is 6.83. The molecule has 0 N–H and O–H groups in total. The van der Waals surface area contributed by atoms with Crippen molar-refractivity contribution in [3.63, 3.8) is 0 Å². The predicted molar refractivity (Wildman–Crippen MR) is 88.4 cm³/mol. The third-order valence-electron chi connectivity index (χ3n) is 4.89. The molecule has 0 radical (unpaired) electrons. The molecule has 24 heavy (non-hydrogen) atoms. The zero-order valence-electron chi connectivity index (χ0n) is 13.8. The van der Waals surface area contributed by atoms with Crippen molar-refractivity contribution in [3.05, 3.63) is 46.9 Å². The Morgan fingerprint density at radius 3 is 3.00 bits per heavy atom. The maximum Gasteiger partial charge on any atom is 0.266 e. The Morgan fingerprint density at radius 1 is 1.21 bits per heavy atom. The van der Waals surface area contributed by atoms with Crippen LogP contribution in [0.15, 0.2) is 35.5 Å². The van der Waals surface area contributed by atoms with E-state index in [1.54, 1.807) is 23.0 Å². The van der Waals surface area contributed by atoms with Crippen molar-refractivity contribution < 1.29 is 4.74 Å². The van der Waals surface area contributed by atoms with Crippen molar-refractivity contribution in [1.82, 2.24) is 24.2 Å². The number of ether oxygens (including phenoxy) is 1. The van der Waals surface area contributed by atoms with Crippen LogP contribution in [0, 0.1) is 11.8 Å². The molecule has 2 aromatic heterocycles. The van der Waals surface area contributed by atoms with Gasteiger partial charge >= 0.3 is 0 Å². The molecular formula is C17H23N5O2. The number of nitrogens with zero attached hydrogens (tertiary/aromatic N) is 5. The zero-order valence-corrected chi connectivity index (χ0v) is 13.8. The summed E-state index contributed by atoms with van der Waals surface area (Å²) in [4.78, 5) is 19.0. The molecule has 128 valence electrons. The summed E-state index contributed by atoms with van der Waals surface area (Å²) in [5.74, 6) is 2.03. The van der Waals surface area contributed by atoms with Crippen molar-refractivity contribution in [2.24, 2.45) is 11.8 Å². The van der Waals surface area contributed by atoms with Crippen LogP contribution >= 0.6 is 0 Å². The SMILES string of the molecule is O=c1cccnn1C[C@@H]1CN(C[C@@H]2CCOC2)Cc2nccn2C1. The number of rotatable bonds is 4. The molecule has 0 saturated carbocycles. The molecule has 7 heteroatoms. The fourth-order valence-electron chi connectivity index (χ4n) is 3.74. The van der Waals surface area contributed by atoms with E-state index in [-0.39, 0.29) is 5.56 Å². The summed E-state index contributed by atoms with van der Waals surface area (Å²) in [5.41, 5.74) is -0.0386. The van der Waals surface area contributed by atoms with Gasteiger partial charge in [-0.2, -0.15) is 5.10 Å². The van der Waals surface area contributed by atoms with Crippen molar-refractivity contribution in [2.45, 2.75) is 26.1 Å². The Labute approximate surface area is 140 Å². The van der Waals surface area contributed by atoms with Crippen LogP contribution in [-0.2, 0) is 24.4 Å². The highest BCUT2D eigenvalue weighted by Gasteiger charge is 2.26. The molecule has 4 heterocycles. The lowest BCUT2D eigenvalue weighted by atomic mass is 10.1. The molecule has 0 unspecified atom stereocenters. The van der Waals surface area contributed by atoms with Gasteiger partial charge in [-0.15, -0.1) is 0 Å². The highest BCUT2D eigenvalue weighted by molar-refractivity contribution is 4.96. The van der Waals surface area contributed by atoms with Crippen molar-refractivity contribution in [3.8, 4) is 0 Å². The number of imidazole rings is 1. The van der Waals surface area contributed by atoms with Crippen LogP contribution < -0.4 is 5.56 Å². The lowest BCUT2D eigenvalue weighted by molar-refractivity contribution is 0.152. The van der Waals surface area contributed by atoms with Gasteiger partial charge in [-0.1, -0.05) is 0 Å². The Hall–Kier alpha value is -1.99. The summed E-state index contributed by atoms with van der Waals surface area (Å²) >= 11 is 0. The second-order valence-electron chi connectivity index (χ2n) is 6.83. The van der Waals surface area contributed by atoms with Gasteiger partial charge in [-0.3, -0.25) is 9.69 Å². The van der Waals surface area contributed by atoms with Crippen LogP contribution in [0.25, 0.3) is 0 Å². The average Bonchev–Trinajstić information content (AvgIpc) is 3.19. The van der Waals surface area contributed by atoms with E-state index in [1.807, 2.05) is 12.4 Å². The topological polar surface area (TPSA) is 65.2 Å². The quantitative estimate of drug-likeness (QED) is 0.822. The number of aromatic nitrogens is 4. The maximum atomic E-state index is 12.0. The maximum absolute atomic E-state index is 12.0. The fourth-order valence-corrected chi connectivity index (χ4v) is 3.74. The normalized spacial score (nSPS) is 24.7. The molecule has 1 fully saturated rings. The summed E-state index contributed by atoms with van der Waals surface area (Å²) in [7, 11) is 0. The number of hydrogen-bond acceptors (Lipinski definition) is 5. The Bertz CT molecular complexity index is 734. The Balaban J connectivity index is 1.52. The van der Waals surface area contributed by atoms with Gasteiger partial charge in [0.05, 0.1) is 19.7 Å². The zero-order chi connectivity index (χ0) is 16.4. The molecule has 0 aliphatic carbocycles. The molecule has 0 bridgehead atoms. The molecule has 2 aliphatic rings. The molecular weight excluding hydrogens is 306 g/mol. The summed E-state index contributed by atoms with van der Waals surface area (Å²) in [6, 6.07) is 3.26. The molecule has 4 rings (SSSR count). The van der Waals surface area contributed by atoms with Gasteiger partial charge in [0.25, 0.3) is 5.56 Å². The van der Waals surface area contributed by atoms with E-state index in [9.17, 15) is 4.79 Å². The summed E-state index contributed by atoms with van der Waals surface area (Å²) < 4.78 is 9.30. The minimum absolute atomic E-state index is 0.0386. The van der Waals surface area contributed by atoms with Gasteiger partial charge in [0.2, 0.25) is 0 Å². The van der Waals surface area contributed by atoms with Gasteiger partial charge in [0.1, 0.15) is 5.82 Å². The van der Waals surface area contributed by atoms with Crippen LogP contribution in [0.2, 0.25) is 0 Å². The first-order valence-corrected chi connectivity index (χ1v) is 8.60. The molecule has 0 spiro atoms. The molecule has 2 aliphatic heterocycles. The number of hydrogen-bond donors (Lipinski definition) is 0. The summed E-state index contributed by atoms with van der Waals surface area (Å²) in [5, 5.41) is 4.22. The van der Waals surface area contributed by atoms with Crippen molar-refractivity contribution >= 4 is 0 Å². The van der Waals surface area contributed by atoms with Crippen LogP contribution in [-0.4, -0.2) is 50.5 Å². The third kappa shape index (κ3) is 3.42. The lowest BCUT2D eigenvalue weighted by Crippen LogP contribution is -2.36. The van der Waals surface area contributed by atoms with Crippen molar-refractivity contribution in [2.75, 3.05) is 26.3 Å². The van der Waals surface area contributed by atoms with Crippen LogP contribution in [0.4, 0.5) is 0 Å². The van der Waals surface area contributed by atoms with Crippen LogP contribution in [0.1, 0.15) is 12.2 Å². The van der Waals surface area contributed by atoms with E-state index < -0.39 is 0 Å². The fraction of sp³-hybridized carbons (Fsp3) is 0.588. The Kier molecular flexibility index (Phi) is 4.44. The first-order valence-electron chi connectivity index (χ1n) is 8.60. The average molecular weight is 329 g/mol. The van der Waals surface area contributed by atoms with E-state index >= 15 is 0 Å². The van der Waals surface area contributed by atoms with Crippen LogP contribution in [0.5, 0.6) is 0 Å². The van der Waals surface area contributed by atoms with Gasteiger partial charge < -0.3 is 9.30 Å². The monoisotopic (exact) mass is 329 g/mol. The number of fused-ring (bicyclic) bond motifs is 1. The summed E-state index contributed by atoms with van der Waals surface area (Å²) in [6.07, 6.45) is 6.71. The van der Waals surface area contributed by atoms with Crippen molar-refractivity contribution in [1.29, 1.82) is 0 Å². The van der Waals surface area contributed by atoms with Gasteiger partial charge in [0.15, 0.2) is 0 Å². The van der Waals surface area contributed by atoms with Gasteiger partial charge in [0, 0.05) is 56.8 Å². The standard InChI is InChI=1S/C17H23N5O2/c23-17-2-1-4-19-22(17)11-15-9-20(8-14-3-7-24-13-14)12-16-18-5-6-21(16)10-15/h1-2,4-6,14-15H,3,7-13H2/t14-,15+/m0/s1. The molecule has 0 aromatic carbocycles. The third-order valence-corrected chi connectivity index (χ3v) is 4.89. The smallest absolute Gasteiger partial charge is 0.266 e. The minimum atomic E-state index is -0.0386. The largest absolute Gasteiger partial charge is 0.381 e. The van der Waals surface area contributed by atoms with Crippen LogP contribution in [0.3, 0.4) is 0 Å². The Morgan fingerprint density at radius 2 is 2.17 bits per heavy atom. The van der Waals surface area contributed by atoms with E-state index in [1.165, 1.54) is 0 Å². The van der Waals surface area contributed by atoms with Gasteiger partial charge in [-0.05, 0) is 18.4 Å². The summed E-state index contributed by atoms with van der Waals surface area (Å²) in [6.45, 7) is 6.07. The molecule has 2 aromatic rings. The minimum Gasteiger partial charge on any atom is -0.381 e. The highest BCUT2D eigenvalue weighted by atomic mass is 16.5. The van der Waals surface area contributed by atoms with E-state index in [4.69, 9.17) is 4.74 Å². The molecule has 1 saturated heterocycles. The highest BCUT2D eigenvalue weighted by Crippen LogP contribution is 2.20. The predicted octanol–water partition coefficient (Wildman–Crippen LogP) is 0.608. The first kappa shape index (κ1) is 15.5. The second kappa shape index (κ2) is 6.86. The lowest BCUT2D eigenvalue weighted by Gasteiger charge is -2.26. The molecule has 7 nitrogen and oxygen atoms in total. The first-order chi connectivity index (χ1) is 11.8.